The summed E-state index contributed by atoms with van der Waals surface area (Å²) >= 11 is 0. The van der Waals surface area contributed by atoms with Gasteiger partial charge in [-0.15, -0.1) is 0 Å². The molecule has 88 valence electrons. The summed E-state index contributed by atoms with van der Waals surface area (Å²) in [5, 5.41) is 3.17. The summed E-state index contributed by atoms with van der Waals surface area (Å²) in [6.07, 6.45) is 0. The number of aryl methyl sites for hydroxylation is 1. The number of nitrogen functional groups attached to an aromatic ring is 1. The van der Waals surface area contributed by atoms with Gasteiger partial charge in [0, 0.05) is 16.8 Å². The normalized spacial score (nSPS) is 11.5. The first-order valence-corrected chi connectivity index (χ1v) is 5.44. The fourth-order valence-corrected chi connectivity index (χ4v) is 1.30. The van der Waals surface area contributed by atoms with E-state index in [0.717, 1.165) is 11.3 Å². The molecule has 0 aliphatic rings. The molecule has 1 aromatic rings. The number of carbonyl (C=O) groups is 1. The Morgan fingerprint density at radius 2 is 2.00 bits per heavy atom. The topological polar surface area (TPSA) is 55.1 Å². The molecule has 0 saturated carbocycles. The molecule has 0 fully saturated rings. The zero-order valence-electron chi connectivity index (χ0n) is 10.4. The van der Waals surface area contributed by atoms with Crippen LogP contribution in [0.2, 0.25) is 0 Å². The predicted molar refractivity (Wildman–Crippen MR) is 67.7 cm³/mol. The molecule has 3 N–H and O–H groups in total. The Morgan fingerprint density at radius 1 is 1.38 bits per heavy atom. The molecule has 16 heavy (non-hydrogen) atoms. The smallest absolute Gasteiger partial charge is 0.176 e. The Kier molecular flexibility index (Phi) is 3.70. The third kappa shape index (κ3) is 3.66. The minimum absolute atomic E-state index is 0.0431. The van der Waals surface area contributed by atoms with Crippen LogP contribution in [-0.4, -0.2) is 17.9 Å². The molecule has 0 amide bonds. The van der Waals surface area contributed by atoms with E-state index in [0.29, 0.717) is 12.1 Å². The molecule has 0 aliphatic heterocycles. The van der Waals surface area contributed by atoms with E-state index in [-0.39, 0.29) is 11.3 Å². The molecule has 0 bridgehead atoms. The van der Waals surface area contributed by atoms with Crippen LogP contribution in [0.15, 0.2) is 18.2 Å². The largest absolute Gasteiger partial charge is 0.399 e. The highest BCUT2D eigenvalue weighted by Gasteiger charge is 2.12. The van der Waals surface area contributed by atoms with E-state index >= 15 is 0 Å². The monoisotopic (exact) mass is 220 g/mol. The third-order valence-electron chi connectivity index (χ3n) is 2.37. The summed E-state index contributed by atoms with van der Waals surface area (Å²) in [5.41, 5.74) is 8.04. The number of nitrogens with one attached hydrogen (secondary N) is 1. The van der Waals surface area contributed by atoms with E-state index in [1.165, 1.54) is 0 Å². The number of anilines is 1. The number of hydrogen-bond acceptors (Lipinski definition) is 3. The van der Waals surface area contributed by atoms with Gasteiger partial charge in [0.2, 0.25) is 0 Å². The quantitative estimate of drug-likeness (QED) is 0.606. The number of rotatable bonds is 3. The van der Waals surface area contributed by atoms with Gasteiger partial charge in [0.15, 0.2) is 5.78 Å². The molecule has 0 radical (unpaired) electrons. The van der Waals surface area contributed by atoms with Crippen LogP contribution in [0, 0.1) is 6.92 Å². The van der Waals surface area contributed by atoms with E-state index in [1.54, 1.807) is 12.1 Å². The Bertz CT molecular complexity index is 391. The number of benzene rings is 1. The molecule has 0 unspecified atom stereocenters. The average Bonchev–Trinajstić information content (AvgIpc) is 2.17. The molecule has 0 spiro atoms. The molecule has 1 rings (SSSR count). The maximum atomic E-state index is 11.9. The highest BCUT2D eigenvalue weighted by Crippen LogP contribution is 2.13. The van der Waals surface area contributed by atoms with E-state index in [4.69, 9.17) is 5.73 Å². The Hall–Kier alpha value is -1.35. The van der Waals surface area contributed by atoms with Crippen molar-refractivity contribution in [1.29, 1.82) is 0 Å². The lowest BCUT2D eigenvalue weighted by molar-refractivity contribution is 0.0982. The molecular formula is C13H20N2O. The number of Topliss-reactive ketones (excluding diaryl/α,β-unsaturated/α-hetero) is 1. The van der Waals surface area contributed by atoms with Crippen LogP contribution in [0.5, 0.6) is 0 Å². The van der Waals surface area contributed by atoms with Gasteiger partial charge in [0.1, 0.15) is 0 Å². The standard InChI is InChI=1S/C13H20N2O/c1-9-7-10(5-6-11(9)14)12(16)8-15-13(2,3)4/h5-7,15H,8,14H2,1-4H3. The summed E-state index contributed by atoms with van der Waals surface area (Å²) in [7, 11) is 0. The maximum Gasteiger partial charge on any atom is 0.176 e. The van der Waals surface area contributed by atoms with Crippen molar-refractivity contribution in [2.75, 3.05) is 12.3 Å². The third-order valence-corrected chi connectivity index (χ3v) is 2.37. The molecule has 0 atom stereocenters. The average molecular weight is 220 g/mol. The minimum atomic E-state index is -0.0431. The van der Waals surface area contributed by atoms with Crippen LogP contribution >= 0.6 is 0 Å². The summed E-state index contributed by atoms with van der Waals surface area (Å²) < 4.78 is 0. The highest BCUT2D eigenvalue weighted by molar-refractivity contribution is 5.98. The first-order valence-electron chi connectivity index (χ1n) is 5.44. The zero-order valence-corrected chi connectivity index (χ0v) is 10.4. The Balaban J connectivity index is 2.70. The molecule has 1 aromatic carbocycles. The van der Waals surface area contributed by atoms with E-state index in [2.05, 4.69) is 5.32 Å². The van der Waals surface area contributed by atoms with E-state index < -0.39 is 0 Å². The van der Waals surface area contributed by atoms with Crippen molar-refractivity contribution in [3.8, 4) is 0 Å². The van der Waals surface area contributed by atoms with Crippen LogP contribution in [0.25, 0.3) is 0 Å². The molecular weight excluding hydrogens is 200 g/mol. The van der Waals surface area contributed by atoms with Crippen molar-refractivity contribution in [1.82, 2.24) is 5.32 Å². The summed E-state index contributed by atoms with van der Waals surface area (Å²) in [4.78, 5) is 11.9. The van der Waals surface area contributed by atoms with Crippen molar-refractivity contribution in [3.63, 3.8) is 0 Å². The first-order chi connectivity index (χ1) is 7.29. The van der Waals surface area contributed by atoms with Crippen LogP contribution in [0.4, 0.5) is 5.69 Å². The molecule has 0 aliphatic carbocycles. The van der Waals surface area contributed by atoms with Crippen LogP contribution in [0.1, 0.15) is 36.7 Å². The van der Waals surface area contributed by atoms with Crippen LogP contribution in [-0.2, 0) is 0 Å². The van der Waals surface area contributed by atoms with Crippen molar-refractivity contribution >= 4 is 11.5 Å². The molecule has 0 heterocycles. The number of nitrogens with two attached hydrogens (primary N) is 1. The summed E-state index contributed by atoms with van der Waals surface area (Å²) in [6.45, 7) is 8.37. The second-order valence-corrected chi connectivity index (χ2v) is 5.10. The first kappa shape index (κ1) is 12.7. The summed E-state index contributed by atoms with van der Waals surface area (Å²) in [5.74, 6) is 0.0954. The molecule has 0 saturated heterocycles. The second-order valence-electron chi connectivity index (χ2n) is 5.10. The SMILES string of the molecule is Cc1cc(C(=O)CNC(C)(C)C)ccc1N. The summed E-state index contributed by atoms with van der Waals surface area (Å²) in [6, 6.07) is 5.39. The maximum absolute atomic E-state index is 11.9. The lowest BCUT2D eigenvalue weighted by Crippen LogP contribution is -2.39. The van der Waals surface area contributed by atoms with Gasteiger partial charge in [-0.1, -0.05) is 0 Å². The zero-order chi connectivity index (χ0) is 12.3. The lowest BCUT2D eigenvalue weighted by atomic mass is 10.0. The van der Waals surface area contributed by atoms with E-state index in [9.17, 15) is 4.79 Å². The fraction of sp³-hybridized carbons (Fsp3) is 0.462. The predicted octanol–water partition coefficient (Wildman–Crippen LogP) is 2.15. The van der Waals surface area contributed by atoms with E-state index in [1.807, 2.05) is 33.8 Å². The number of carbonyl (C=O) groups excluding carboxylic acids is 1. The van der Waals surface area contributed by atoms with Crippen LogP contribution in [0.3, 0.4) is 0 Å². The molecule has 3 heteroatoms. The number of hydrogen-bond donors (Lipinski definition) is 2. The second kappa shape index (κ2) is 4.66. The van der Waals surface area contributed by atoms with Gasteiger partial charge in [-0.3, -0.25) is 4.79 Å². The van der Waals surface area contributed by atoms with Crippen LogP contribution < -0.4 is 11.1 Å². The van der Waals surface area contributed by atoms with Gasteiger partial charge in [0.25, 0.3) is 0 Å². The van der Waals surface area contributed by atoms with Gasteiger partial charge >= 0.3 is 0 Å². The van der Waals surface area contributed by atoms with Gasteiger partial charge in [-0.2, -0.15) is 0 Å². The van der Waals surface area contributed by atoms with Crippen molar-refractivity contribution in [3.05, 3.63) is 29.3 Å². The van der Waals surface area contributed by atoms with Gasteiger partial charge < -0.3 is 11.1 Å². The lowest BCUT2D eigenvalue weighted by Gasteiger charge is -2.19. The van der Waals surface area contributed by atoms with Crippen molar-refractivity contribution in [2.24, 2.45) is 0 Å². The number of ketones is 1. The van der Waals surface area contributed by atoms with Crippen molar-refractivity contribution in [2.45, 2.75) is 33.2 Å². The van der Waals surface area contributed by atoms with Gasteiger partial charge in [-0.25, -0.2) is 0 Å². The fourth-order valence-electron chi connectivity index (χ4n) is 1.30. The van der Waals surface area contributed by atoms with Crippen molar-refractivity contribution < 1.29 is 4.79 Å². The highest BCUT2D eigenvalue weighted by atomic mass is 16.1. The molecule has 3 nitrogen and oxygen atoms in total. The van der Waals surface area contributed by atoms with Gasteiger partial charge in [-0.05, 0) is 51.5 Å². The van der Waals surface area contributed by atoms with Gasteiger partial charge in [0.05, 0.1) is 6.54 Å². The molecule has 0 aromatic heterocycles. The Morgan fingerprint density at radius 3 is 2.50 bits per heavy atom. The minimum Gasteiger partial charge on any atom is -0.399 e. The Labute approximate surface area is 97.0 Å².